The van der Waals surface area contributed by atoms with E-state index in [4.69, 9.17) is 9.47 Å². The van der Waals surface area contributed by atoms with Crippen molar-refractivity contribution < 1.29 is 22.3 Å². The van der Waals surface area contributed by atoms with E-state index < -0.39 is 15.5 Å². The Morgan fingerprint density at radius 3 is 2.19 bits per heavy atom. The first kappa shape index (κ1) is 22.9. The van der Waals surface area contributed by atoms with Crippen LogP contribution >= 0.6 is 0 Å². The Bertz CT molecular complexity index is 814. The molecule has 1 aromatic heterocycles. The molecule has 0 spiro atoms. The Balaban J connectivity index is 1.15. The first-order valence-corrected chi connectivity index (χ1v) is 13.4. The smallest absolute Gasteiger partial charge is 0.232 e. The number of alkyl halides is 1. The zero-order valence-electron chi connectivity index (χ0n) is 18.3. The molecular formula is C22H34FN3O4S. The fourth-order valence-corrected chi connectivity index (χ4v) is 5.55. The van der Waals surface area contributed by atoms with E-state index in [1.807, 2.05) is 0 Å². The Kier molecular flexibility index (Phi) is 7.13. The number of ether oxygens (including phenoxy) is 2. The van der Waals surface area contributed by atoms with Gasteiger partial charge in [0.25, 0.3) is 0 Å². The largest absolute Gasteiger partial charge is 0.473 e. The summed E-state index contributed by atoms with van der Waals surface area (Å²) in [5.41, 5.74) is -0.957. The Hall–Kier alpha value is -1.32. The van der Waals surface area contributed by atoms with E-state index >= 15 is 0 Å². The van der Waals surface area contributed by atoms with Crippen molar-refractivity contribution in [1.82, 2.24) is 14.9 Å². The summed E-state index contributed by atoms with van der Waals surface area (Å²) < 4.78 is 49.9. The molecule has 0 amide bonds. The van der Waals surface area contributed by atoms with Crippen LogP contribution in [0.3, 0.4) is 0 Å². The molecule has 2 aliphatic carbocycles. The maximum atomic E-state index is 14.7. The number of halogens is 1. The maximum absolute atomic E-state index is 14.7. The molecule has 0 N–H and O–H groups in total. The SMILES string of the molecule is CS(=O)(=O)c1cnc(OC2CCC(OC3CCN(CC4(F)CCCC4)CC3)CC2)cn1. The van der Waals surface area contributed by atoms with E-state index in [0.29, 0.717) is 12.4 Å². The third-order valence-corrected chi connectivity index (χ3v) is 7.79. The van der Waals surface area contributed by atoms with Gasteiger partial charge >= 0.3 is 0 Å². The first-order chi connectivity index (χ1) is 14.8. The first-order valence-electron chi connectivity index (χ1n) is 11.5. The van der Waals surface area contributed by atoms with Gasteiger partial charge in [0.2, 0.25) is 5.88 Å². The summed E-state index contributed by atoms with van der Waals surface area (Å²) in [4.78, 5) is 10.3. The van der Waals surface area contributed by atoms with Gasteiger partial charge in [-0.15, -0.1) is 0 Å². The lowest BCUT2D eigenvalue weighted by Gasteiger charge is -2.37. The van der Waals surface area contributed by atoms with Crippen LogP contribution in [-0.2, 0) is 14.6 Å². The van der Waals surface area contributed by atoms with E-state index in [2.05, 4.69) is 14.9 Å². The van der Waals surface area contributed by atoms with E-state index in [0.717, 1.165) is 83.6 Å². The number of piperidine rings is 1. The van der Waals surface area contributed by atoms with Crippen LogP contribution in [0.4, 0.5) is 4.39 Å². The molecule has 1 aliphatic heterocycles. The van der Waals surface area contributed by atoms with Crippen molar-refractivity contribution in [3.63, 3.8) is 0 Å². The van der Waals surface area contributed by atoms with Crippen LogP contribution < -0.4 is 4.74 Å². The van der Waals surface area contributed by atoms with Crippen molar-refractivity contribution >= 4 is 9.84 Å². The van der Waals surface area contributed by atoms with Crippen molar-refractivity contribution in [2.24, 2.45) is 0 Å². The molecule has 2 saturated carbocycles. The van der Waals surface area contributed by atoms with Gasteiger partial charge in [0.1, 0.15) is 11.8 Å². The van der Waals surface area contributed by atoms with E-state index in [9.17, 15) is 12.8 Å². The van der Waals surface area contributed by atoms with E-state index in [-0.39, 0.29) is 23.3 Å². The predicted octanol–water partition coefficient (Wildman–Crippen LogP) is 3.33. The summed E-state index contributed by atoms with van der Waals surface area (Å²) in [7, 11) is -3.35. The molecule has 0 aromatic carbocycles. The topological polar surface area (TPSA) is 81.6 Å². The van der Waals surface area contributed by atoms with Gasteiger partial charge in [0.05, 0.1) is 24.6 Å². The molecule has 31 heavy (non-hydrogen) atoms. The summed E-state index contributed by atoms with van der Waals surface area (Å²) >= 11 is 0. The van der Waals surface area contributed by atoms with Crippen molar-refractivity contribution in [3.8, 4) is 5.88 Å². The normalized spacial score (nSPS) is 27.9. The highest BCUT2D eigenvalue weighted by atomic mass is 32.2. The zero-order chi connectivity index (χ0) is 21.9. The third kappa shape index (κ3) is 6.35. The summed E-state index contributed by atoms with van der Waals surface area (Å²) in [6.07, 6.45) is 13.4. The molecule has 0 atom stereocenters. The Morgan fingerprint density at radius 2 is 1.61 bits per heavy atom. The highest BCUT2D eigenvalue weighted by molar-refractivity contribution is 7.90. The van der Waals surface area contributed by atoms with Gasteiger partial charge in [-0.25, -0.2) is 22.8 Å². The number of rotatable bonds is 7. The maximum Gasteiger partial charge on any atom is 0.232 e. The van der Waals surface area contributed by atoms with E-state index in [1.54, 1.807) is 0 Å². The number of likely N-dealkylation sites (tertiary alicyclic amines) is 1. The lowest BCUT2D eigenvalue weighted by atomic mass is 9.94. The molecule has 0 radical (unpaired) electrons. The van der Waals surface area contributed by atoms with Crippen LogP contribution in [0.5, 0.6) is 5.88 Å². The second-order valence-corrected chi connectivity index (χ2v) is 11.4. The van der Waals surface area contributed by atoms with Gasteiger partial charge in [0, 0.05) is 25.9 Å². The van der Waals surface area contributed by atoms with Crippen molar-refractivity contribution in [3.05, 3.63) is 12.4 Å². The fourth-order valence-electron chi connectivity index (χ4n) is 5.06. The minimum atomic E-state index is -3.35. The van der Waals surface area contributed by atoms with E-state index in [1.165, 1.54) is 12.4 Å². The number of hydrogen-bond donors (Lipinski definition) is 0. The van der Waals surface area contributed by atoms with Gasteiger partial charge in [0.15, 0.2) is 14.9 Å². The highest BCUT2D eigenvalue weighted by Gasteiger charge is 2.36. The molecule has 1 saturated heterocycles. The molecule has 0 unspecified atom stereocenters. The van der Waals surface area contributed by atoms with Gasteiger partial charge < -0.3 is 9.47 Å². The standard InChI is InChI=1S/C22H34FN3O4S/c1-31(27,28)21-15-24-20(14-25-21)30-18-6-4-17(5-7-18)29-19-8-12-26(13-9-19)16-22(23)10-2-3-11-22/h14-15,17-19H,2-13,16H2,1H3. The summed E-state index contributed by atoms with van der Waals surface area (Å²) in [6.45, 7) is 2.45. The molecular weight excluding hydrogens is 421 g/mol. The van der Waals surface area contributed by atoms with Gasteiger partial charge in [-0.05, 0) is 51.4 Å². The van der Waals surface area contributed by atoms with Crippen molar-refractivity contribution in [1.29, 1.82) is 0 Å². The highest BCUT2D eigenvalue weighted by Crippen LogP contribution is 2.35. The van der Waals surface area contributed by atoms with Crippen LogP contribution in [0.15, 0.2) is 17.4 Å². The summed E-state index contributed by atoms with van der Waals surface area (Å²) in [6, 6.07) is 0. The fraction of sp³-hybridized carbons (Fsp3) is 0.818. The van der Waals surface area contributed by atoms with Gasteiger partial charge in [-0.3, -0.25) is 4.90 Å². The van der Waals surface area contributed by atoms with Gasteiger partial charge in [-0.1, -0.05) is 12.8 Å². The minimum Gasteiger partial charge on any atom is -0.473 e. The quantitative estimate of drug-likeness (QED) is 0.624. The molecule has 7 nitrogen and oxygen atoms in total. The average Bonchev–Trinajstić information content (AvgIpc) is 3.17. The third-order valence-electron chi connectivity index (χ3n) is 6.82. The van der Waals surface area contributed by atoms with Crippen molar-refractivity contribution in [2.75, 3.05) is 25.9 Å². The number of sulfone groups is 1. The molecule has 2 heterocycles. The number of aromatic nitrogens is 2. The van der Waals surface area contributed by atoms with Crippen LogP contribution in [-0.4, -0.2) is 73.2 Å². The Labute approximate surface area is 184 Å². The molecule has 3 fully saturated rings. The second kappa shape index (κ2) is 9.67. The van der Waals surface area contributed by atoms with Crippen LogP contribution in [0.2, 0.25) is 0 Å². The summed E-state index contributed by atoms with van der Waals surface area (Å²) in [5, 5.41) is -0.0482. The molecule has 3 aliphatic rings. The second-order valence-electron chi connectivity index (χ2n) is 9.45. The lowest BCUT2D eigenvalue weighted by Crippen LogP contribution is -2.45. The van der Waals surface area contributed by atoms with Gasteiger partial charge in [-0.2, -0.15) is 0 Å². The van der Waals surface area contributed by atoms with Crippen molar-refractivity contribution in [2.45, 2.75) is 93.2 Å². The molecule has 9 heteroatoms. The minimum absolute atomic E-state index is 0.0482. The molecule has 174 valence electrons. The predicted molar refractivity (Wildman–Crippen MR) is 115 cm³/mol. The Morgan fingerprint density at radius 1 is 1.00 bits per heavy atom. The zero-order valence-corrected chi connectivity index (χ0v) is 19.2. The van der Waals surface area contributed by atoms with Crippen LogP contribution in [0.1, 0.15) is 64.2 Å². The van der Waals surface area contributed by atoms with Crippen LogP contribution in [0, 0.1) is 0 Å². The number of nitrogens with zero attached hydrogens (tertiary/aromatic N) is 3. The van der Waals surface area contributed by atoms with Crippen LogP contribution in [0.25, 0.3) is 0 Å². The number of hydrogen-bond acceptors (Lipinski definition) is 7. The molecule has 0 bridgehead atoms. The molecule has 1 aromatic rings. The summed E-state index contributed by atoms with van der Waals surface area (Å²) in [5.74, 6) is 0.358. The monoisotopic (exact) mass is 455 g/mol. The average molecular weight is 456 g/mol. The lowest BCUT2D eigenvalue weighted by molar-refractivity contribution is -0.0704. The molecule has 4 rings (SSSR count).